The zero-order valence-electron chi connectivity index (χ0n) is 16.7. The lowest BCUT2D eigenvalue weighted by Crippen LogP contribution is -2.59. The molecular formula is C21H32N2O3. The van der Waals surface area contributed by atoms with Crippen LogP contribution in [0.1, 0.15) is 46.1 Å². The summed E-state index contributed by atoms with van der Waals surface area (Å²) in [6, 6.07) is 10.8. The first-order chi connectivity index (χ1) is 12.3. The monoisotopic (exact) mass is 360 g/mol. The van der Waals surface area contributed by atoms with Gasteiger partial charge in [-0.2, -0.15) is 5.10 Å². The van der Waals surface area contributed by atoms with E-state index >= 15 is 0 Å². The van der Waals surface area contributed by atoms with Crippen molar-refractivity contribution in [2.24, 2.45) is 5.10 Å². The van der Waals surface area contributed by atoms with Crippen LogP contribution >= 0.6 is 0 Å². The second kappa shape index (κ2) is 7.67. The van der Waals surface area contributed by atoms with Crippen molar-refractivity contribution < 1.29 is 14.2 Å². The molecule has 144 valence electrons. The van der Waals surface area contributed by atoms with Crippen LogP contribution < -0.4 is 0 Å². The van der Waals surface area contributed by atoms with E-state index in [9.17, 15) is 0 Å². The van der Waals surface area contributed by atoms with E-state index in [0.717, 1.165) is 31.5 Å². The molecule has 2 heterocycles. The highest BCUT2D eigenvalue weighted by molar-refractivity contribution is 5.96. The van der Waals surface area contributed by atoms with Gasteiger partial charge in [0.25, 0.3) is 0 Å². The average Bonchev–Trinajstić information content (AvgIpc) is 2.98. The molecule has 0 radical (unpaired) electrons. The summed E-state index contributed by atoms with van der Waals surface area (Å²) in [5.74, 6) is -0.640. The smallest absolute Gasteiger partial charge is 0.164 e. The van der Waals surface area contributed by atoms with E-state index in [1.54, 1.807) is 7.11 Å². The molecule has 1 aromatic carbocycles. The minimum absolute atomic E-state index is 0.101. The maximum atomic E-state index is 6.44. The molecule has 0 unspecified atom stereocenters. The van der Waals surface area contributed by atoms with Crippen LogP contribution in [0.4, 0.5) is 0 Å². The first-order valence-corrected chi connectivity index (χ1v) is 9.59. The minimum atomic E-state index is -0.640. The molecule has 0 aliphatic carbocycles. The van der Waals surface area contributed by atoms with E-state index in [4.69, 9.17) is 19.3 Å². The van der Waals surface area contributed by atoms with E-state index in [1.165, 1.54) is 5.56 Å². The molecule has 0 spiro atoms. The van der Waals surface area contributed by atoms with Gasteiger partial charge in [-0.25, -0.2) is 0 Å². The topological polar surface area (TPSA) is 43.3 Å². The highest BCUT2D eigenvalue weighted by Crippen LogP contribution is 2.35. The van der Waals surface area contributed by atoms with Crippen LogP contribution in [0.5, 0.6) is 0 Å². The summed E-state index contributed by atoms with van der Waals surface area (Å²) < 4.78 is 17.9. The standard InChI is InChI=1S/C21H32N2O3/c1-16-19(22-23-13-9-12-18(23)15-24-5)21(4,26-20(2,3)25-16)14-17-10-7-6-8-11-17/h6-8,10-11,16,18H,9,12-15H2,1-5H3/b22-19+/t16-,18-,21-/m1/s1. The first-order valence-electron chi connectivity index (χ1n) is 9.59. The van der Waals surface area contributed by atoms with Crippen LogP contribution in [-0.2, 0) is 20.6 Å². The highest BCUT2D eigenvalue weighted by atomic mass is 16.7. The first kappa shape index (κ1) is 19.3. The van der Waals surface area contributed by atoms with E-state index in [0.29, 0.717) is 12.6 Å². The van der Waals surface area contributed by atoms with Crippen molar-refractivity contribution in [2.75, 3.05) is 20.3 Å². The fraction of sp³-hybridized carbons (Fsp3) is 0.667. The summed E-state index contributed by atoms with van der Waals surface area (Å²) >= 11 is 0. The molecule has 5 heteroatoms. The van der Waals surface area contributed by atoms with Crippen LogP contribution in [0.25, 0.3) is 0 Å². The number of nitrogens with zero attached hydrogens (tertiary/aromatic N) is 2. The SMILES string of the molecule is COC[C@H]1CCCN1/N=C1\[C@@H](C)OC(C)(C)O[C@]1(C)Cc1ccccc1. The van der Waals surface area contributed by atoms with Gasteiger partial charge >= 0.3 is 0 Å². The second-order valence-electron chi connectivity index (χ2n) is 8.05. The van der Waals surface area contributed by atoms with Gasteiger partial charge in [0, 0.05) is 20.1 Å². The third-order valence-electron chi connectivity index (χ3n) is 5.18. The number of benzene rings is 1. The summed E-state index contributed by atoms with van der Waals surface area (Å²) in [5.41, 5.74) is 1.69. The minimum Gasteiger partial charge on any atom is -0.382 e. The molecule has 1 aromatic rings. The van der Waals surface area contributed by atoms with Crippen LogP contribution in [-0.4, -0.2) is 54.5 Å². The van der Waals surface area contributed by atoms with Gasteiger partial charge in [-0.1, -0.05) is 30.3 Å². The van der Waals surface area contributed by atoms with Gasteiger partial charge in [-0.15, -0.1) is 0 Å². The summed E-state index contributed by atoms with van der Waals surface area (Å²) in [4.78, 5) is 0. The zero-order chi connectivity index (χ0) is 18.8. The quantitative estimate of drug-likeness (QED) is 0.804. The van der Waals surface area contributed by atoms with Gasteiger partial charge in [0.2, 0.25) is 0 Å². The summed E-state index contributed by atoms with van der Waals surface area (Å²) in [5, 5.41) is 7.22. The van der Waals surface area contributed by atoms with Gasteiger partial charge < -0.3 is 14.2 Å². The van der Waals surface area contributed by atoms with Crippen molar-refractivity contribution in [3.8, 4) is 0 Å². The Labute approximate surface area is 157 Å². The van der Waals surface area contributed by atoms with Crippen molar-refractivity contribution in [3.05, 3.63) is 35.9 Å². The molecule has 2 aliphatic rings. The molecule has 2 fully saturated rings. The van der Waals surface area contributed by atoms with Crippen molar-refractivity contribution in [3.63, 3.8) is 0 Å². The molecule has 0 N–H and O–H groups in total. The Morgan fingerprint density at radius 3 is 2.65 bits per heavy atom. The Hall–Kier alpha value is -1.43. The zero-order valence-corrected chi connectivity index (χ0v) is 16.7. The number of methoxy groups -OCH3 is 1. The van der Waals surface area contributed by atoms with Crippen molar-refractivity contribution >= 4 is 5.71 Å². The largest absolute Gasteiger partial charge is 0.382 e. The lowest BCUT2D eigenvalue weighted by atomic mass is 9.87. The van der Waals surface area contributed by atoms with Gasteiger partial charge in [-0.3, -0.25) is 5.01 Å². The second-order valence-corrected chi connectivity index (χ2v) is 8.05. The Morgan fingerprint density at radius 1 is 1.23 bits per heavy atom. The van der Waals surface area contributed by atoms with E-state index < -0.39 is 11.4 Å². The number of ether oxygens (including phenoxy) is 3. The normalized spacial score (nSPS) is 33.0. The van der Waals surface area contributed by atoms with Crippen molar-refractivity contribution in [1.29, 1.82) is 0 Å². The number of hydrogen-bond acceptors (Lipinski definition) is 5. The third kappa shape index (κ3) is 4.27. The fourth-order valence-corrected chi connectivity index (χ4v) is 4.28. The van der Waals surface area contributed by atoms with E-state index in [2.05, 4.69) is 43.1 Å². The van der Waals surface area contributed by atoms with Crippen LogP contribution in [0.3, 0.4) is 0 Å². The molecule has 5 nitrogen and oxygen atoms in total. The summed E-state index contributed by atoms with van der Waals surface area (Å²) in [6.45, 7) is 9.83. The molecule has 3 rings (SSSR count). The molecule has 0 aromatic heterocycles. The number of hydrazone groups is 1. The third-order valence-corrected chi connectivity index (χ3v) is 5.18. The molecule has 3 atom stereocenters. The van der Waals surface area contributed by atoms with Crippen LogP contribution in [0.15, 0.2) is 35.4 Å². The van der Waals surface area contributed by atoms with E-state index in [1.807, 2.05) is 19.9 Å². The lowest BCUT2D eigenvalue weighted by molar-refractivity contribution is -0.279. The predicted octanol–water partition coefficient (Wildman–Crippen LogP) is 3.63. The van der Waals surface area contributed by atoms with E-state index in [-0.39, 0.29) is 6.10 Å². The lowest BCUT2D eigenvalue weighted by Gasteiger charge is -2.47. The predicted molar refractivity (Wildman–Crippen MR) is 103 cm³/mol. The number of rotatable bonds is 5. The summed E-state index contributed by atoms with van der Waals surface area (Å²) in [7, 11) is 1.75. The van der Waals surface area contributed by atoms with Crippen LogP contribution in [0, 0.1) is 0 Å². The average molecular weight is 360 g/mol. The molecular weight excluding hydrogens is 328 g/mol. The Morgan fingerprint density at radius 2 is 1.96 bits per heavy atom. The Balaban J connectivity index is 1.92. The van der Waals surface area contributed by atoms with Gasteiger partial charge in [0.05, 0.1) is 18.4 Å². The van der Waals surface area contributed by atoms with Gasteiger partial charge in [-0.05, 0) is 46.1 Å². The van der Waals surface area contributed by atoms with Crippen molar-refractivity contribution in [1.82, 2.24) is 5.01 Å². The van der Waals surface area contributed by atoms with Gasteiger partial charge in [0.15, 0.2) is 5.79 Å². The molecule has 26 heavy (non-hydrogen) atoms. The molecule has 0 bridgehead atoms. The fourth-order valence-electron chi connectivity index (χ4n) is 4.28. The number of hydrogen-bond donors (Lipinski definition) is 0. The molecule has 2 aliphatic heterocycles. The maximum absolute atomic E-state index is 6.44. The Bertz CT molecular complexity index is 631. The van der Waals surface area contributed by atoms with Gasteiger partial charge in [0.1, 0.15) is 11.7 Å². The molecule has 0 saturated carbocycles. The van der Waals surface area contributed by atoms with Crippen LogP contribution in [0.2, 0.25) is 0 Å². The highest BCUT2D eigenvalue weighted by Gasteiger charge is 2.47. The molecule has 0 amide bonds. The molecule has 2 saturated heterocycles. The maximum Gasteiger partial charge on any atom is 0.164 e. The summed E-state index contributed by atoms with van der Waals surface area (Å²) in [6.07, 6.45) is 2.92. The van der Waals surface area contributed by atoms with Crippen molar-refractivity contribution in [2.45, 2.75) is 70.5 Å². The Kier molecular flexibility index (Phi) is 5.70.